The van der Waals surface area contributed by atoms with Crippen LogP contribution in [0.15, 0.2) is 54.6 Å². The third kappa shape index (κ3) is 9.70. The maximum atomic E-state index is 12.9. The Bertz CT molecular complexity index is 934. The van der Waals surface area contributed by atoms with Crippen LogP contribution < -0.4 is 21.7 Å². The summed E-state index contributed by atoms with van der Waals surface area (Å²) in [5, 5.41) is 8.98. The molecule has 0 saturated heterocycles. The highest BCUT2D eigenvalue weighted by Crippen LogP contribution is 2.29. The van der Waals surface area contributed by atoms with E-state index in [1.165, 1.54) is 12.1 Å². The molecule has 0 spiro atoms. The van der Waals surface area contributed by atoms with Crippen molar-refractivity contribution in [3.8, 4) is 0 Å². The molecule has 0 aliphatic rings. The number of amides is 2. The van der Waals surface area contributed by atoms with Crippen LogP contribution in [0.3, 0.4) is 0 Å². The second-order valence-electron chi connectivity index (χ2n) is 9.00. The van der Waals surface area contributed by atoms with Crippen molar-refractivity contribution in [2.45, 2.75) is 64.5 Å². The second-order valence-corrected chi connectivity index (χ2v) is 9.00. The highest BCUT2D eigenvalue weighted by molar-refractivity contribution is 5.83. The summed E-state index contributed by atoms with van der Waals surface area (Å²) in [6.45, 7) is 6.36. The largest absolute Gasteiger partial charge is 0.416 e. The number of hydrogen-bond acceptors (Lipinski definition) is 4. The zero-order valence-electron chi connectivity index (χ0n) is 20.4. The number of likely N-dealkylation sites (N-methyl/N-ethyl adjacent to an activating group) is 1. The summed E-state index contributed by atoms with van der Waals surface area (Å²) >= 11 is 0. The molecule has 2 amide bonds. The molecule has 35 heavy (non-hydrogen) atoms. The van der Waals surface area contributed by atoms with Gasteiger partial charge in [0.2, 0.25) is 11.8 Å². The van der Waals surface area contributed by atoms with Gasteiger partial charge < -0.3 is 16.4 Å². The first-order chi connectivity index (χ1) is 16.5. The summed E-state index contributed by atoms with van der Waals surface area (Å²) in [6.07, 6.45) is -3.92. The van der Waals surface area contributed by atoms with Crippen molar-refractivity contribution in [3.63, 3.8) is 0 Å². The molecule has 192 valence electrons. The van der Waals surface area contributed by atoms with Crippen molar-refractivity contribution in [2.24, 2.45) is 11.7 Å². The van der Waals surface area contributed by atoms with Crippen LogP contribution in [-0.2, 0) is 28.6 Å². The van der Waals surface area contributed by atoms with Gasteiger partial charge in [-0.15, -0.1) is 0 Å². The molecule has 0 fully saturated rings. The van der Waals surface area contributed by atoms with E-state index >= 15 is 0 Å². The Morgan fingerprint density at radius 2 is 1.51 bits per heavy atom. The van der Waals surface area contributed by atoms with Crippen LogP contribution >= 0.6 is 0 Å². The van der Waals surface area contributed by atoms with Crippen molar-refractivity contribution in [3.05, 3.63) is 71.3 Å². The van der Waals surface area contributed by atoms with E-state index in [2.05, 4.69) is 16.0 Å². The van der Waals surface area contributed by atoms with E-state index in [4.69, 9.17) is 5.73 Å². The fourth-order valence-corrected chi connectivity index (χ4v) is 3.72. The molecular weight excluding hydrogens is 457 g/mol. The Balaban J connectivity index is 2.13. The van der Waals surface area contributed by atoms with Gasteiger partial charge in [0.15, 0.2) is 0 Å². The van der Waals surface area contributed by atoms with Crippen LogP contribution in [0.4, 0.5) is 13.2 Å². The number of nitrogens with one attached hydrogen (secondary N) is 3. The van der Waals surface area contributed by atoms with Gasteiger partial charge in [-0.05, 0) is 48.9 Å². The van der Waals surface area contributed by atoms with Crippen molar-refractivity contribution in [1.29, 1.82) is 0 Å². The molecule has 2 aromatic carbocycles. The summed E-state index contributed by atoms with van der Waals surface area (Å²) in [5.41, 5.74) is 6.82. The normalized spacial score (nSPS) is 14.3. The fraction of sp³-hybridized carbons (Fsp3) is 0.462. The molecule has 9 heteroatoms. The molecule has 2 unspecified atom stereocenters. The molecular formula is C26H35F3N4O2. The maximum absolute atomic E-state index is 12.9. The zero-order valence-corrected chi connectivity index (χ0v) is 20.4. The maximum Gasteiger partial charge on any atom is 0.416 e. The Labute approximate surface area is 204 Å². The monoisotopic (exact) mass is 492 g/mol. The van der Waals surface area contributed by atoms with Gasteiger partial charge in [-0.1, -0.05) is 56.3 Å². The number of nitrogens with two attached hydrogens (primary N) is 1. The van der Waals surface area contributed by atoms with Gasteiger partial charge in [-0.2, -0.15) is 13.2 Å². The molecule has 0 bridgehead atoms. The Kier molecular flexibility index (Phi) is 10.7. The lowest BCUT2D eigenvalue weighted by atomic mass is 10.0. The van der Waals surface area contributed by atoms with Gasteiger partial charge in [0, 0.05) is 13.0 Å². The van der Waals surface area contributed by atoms with Gasteiger partial charge in [0.1, 0.15) is 0 Å². The zero-order chi connectivity index (χ0) is 26.0. The molecule has 0 aliphatic carbocycles. The minimum atomic E-state index is -4.43. The molecule has 5 N–H and O–H groups in total. The number of hydrogen-bond donors (Lipinski definition) is 4. The van der Waals surface area contributed by atoms with E-state index in [0.29, 0.717) is 24.9 Å². The molecule has 0 heterocycles. The number of rotatable bonds is 12. The summed E-state index contributed by atoms with van der Waals surface area (Å²) in [4.78, 5) is 25.6. The number of halogens is 3. The second kappa shape index (κ2) is 13.3. The van der Waals surface area contributed by atoms with Gasteiger partial charge in [0.25, 0.3) is 0 Å². The molecule has 0 aliphatic heterocycles. The van der Waals surface area contributed by atoms with Crippen molar-refractivity contribution in [1.82, 2.24) is 16.0 Å². The molecule has 0 radical (unpaired) electrons. The number of carbonyl (C=O) groups is 2. The lowest BCUT2D eigenvalue weighted by molar-refractivity contribution is -0.137. The summed E-state index contributed by atoms with van der Waals surface area (Å²) in [5.74, 6) is -0.370. The molecule has 6 nitrogen and oxygen atoms in total. The van der Waals surface area contributed by atoms with Crippen LogP contribution in [0, 0.1) is 5.92 Å². The van der Waals surface area contributed by atoms with Crippen LogP contribution in [0.5, 0.6) is 0 Å². The van der Waals surface area contributed by atoms with E-state index in [0.717, 1.165) is 17.7 Å². The topological polar surface area (TPSA) is 96.2 Å². The standard InChI is InChI=1S/C26H35F3N4O2/c1-4-31-25(35)22(14-17(2)3)32-23(16-18-8-6-5-7-9-18)33-24(34)21(30)15-19-10-12-20(13-11-19)26(27,28)29/h5-13,17,21-23,32H,4,14-16,30H2,1-3H3,(H,31,35)(H,33,34)/t21?,22?,23-/m1/s1. The highest BCUT2D eigenvalue weighted by atomic mass is 19.4. The Hall–Kier alpha value is -2.91. The quantitative estimate of drug-likeness (QED) is 0.342. The molecule has 0 saturated carbocycles. The first-order valence-corrected chi connectivity index (χ1v) is 11.8. The van der Waals surface area contributed by atoms with Crippen LogP contribution in [0.2, 0.25) is 0 Å². The van der Waals surface area contributed by atoms with E-state index in [1.807, 2.05) is 51.1 Å². The van der Waals surface area contributed by atoms with Gasteiger partial charge in [-0.25, -0.2) is 0 Å². The molecule has 2 rings (SSSR count). The van der Waals surface area contributed by atoms with E-state index in [9.17, 15) is 22.8 Å². The fourth-order valence-electron chi connectivity index (χ4n) is 3.72. The van der Waals surface area contributed by atoms with Crippen LogP contribution in [0.25, 0.3) is 0 Å². The number of benzene rings is 2. The number of alkyl halides is 3. The molecule has 2 aromatic rings. The SMILES string of the molecule is CCNC(=O)C(CC(C)C)N[C@@H](Cc1ccccc1)NC(=O)C(N)Cc1ccc(C(F)(F)F)cc1. The minimum absolute atomic E-state index is 0.0772. The lowest BCUT2D eigenvalue weighted by Gasteiger charge is -2.28. The van der Waals surface area contributed by atoms with E-state index < -0.39 is 35.9 Å². The summed E-state index contributed by atoms with van der Waals surface area (Å²) < 4.78 is 38.4. The predicted molar refractivity (Wildman–Crippen MR) is 130 cm³/mol. The van der Waals surface area contributed by atoms with Gasteiger partial charge >= 0.3 is 6.18 Å². The van der Waals surface area contributed by atoms with Crippen LogP contribution in [0.1, 0.15) is 43.9 Å². The smallest absolute Gasteiger partial charge is 0.355 e. The van der Waals surface area contributed by atoms with Gasteiger partial charge in [-0.3, -0.25) is 14.9 Å². The lowest BCUT2D eigenvalue weighted by Crippen LogP contribution is -2.58. The first kappa shape index (κ1) is 28.3. The summed E-state index contributed by atoms with van der Waals surface area (Å²) in [7, 11) is 0. The predicted octanol–water partition coefficient (Wildman–Crippen LogP) is 3.40. The molecule has 3 atom stereocenters. The average molecular weight is 493 g/mol. The highest BCUT2D eigenvalue weighted by Gasteiger charge is 2.30. The Morgan fingerprint density at radius 1 is 0.914 bits per heavy atom. The van der Waals surface area contributed by atoms with E-state index in [1.54, 1.807) is 0 Å². The van der Waals surface area contributed by atoms with E-state index in [-0.39, 0.29) is 18.2 Å². The van der Waals surface area contributed by atoms with Crippen molar-refractivity contribution in [2.75, 3.05) is 6.54 Å². The third-order valence-corrected chi connectivity index (χ3v) is 5.45. The van der Waals surface area contributed by atoms with Crippen molar-refractivity contribution >= 4 is 11.8 Å². The van der Waals surface area contributed by atoms with Crippen LogP contribution in [-0.4, -0.2) is 36.6 Å². The summed E-state index contributed by atoms with van der Waals surface area (Å²) in [6, 6.07) is 12.6. The first-order valence-electron chi connectivity index (χ1n) is 11.8. The minimum Gasteiger partial charge on any atom is -0.355 e. The number of carbonyl (C=O) groups excluding carboxylic acids is 2. The van der Waals surface area contributed by atoms with Crippen molar-refractivity contribution < 1.29 is 22.8 Å². The Morgan fingerprint density at radius 3 is 2.06 bits per heavy atom. The molecule has 0 aromatic heterocycles. The average Bonchev–Trinajstić information content (AvgIpc) is 2.78. The van der Waals surface area contributed by atoms with Gasteiger partial charge in [0.05, 0.1) is 23.8 Å². The third-order valence-electron chi connectivity index (χ3n) is 5.45.